The topological polar surface area (TPSA) is 65.5 Å². The number of benzene rings is 1. The molecule has 8 heteroatoms. The number of carbonyl (C=O) groups is 1. The van der Waals surface area contributed by atoms with Gasteiger partial charge in [0.15, 0.2) is 0 Å². The third kappa shape index (κ3) is 4.51. The number of halogens is 3. The Hall–Kier alpha value is -2.61. The molecule has 0 bridgehead atoms. The molecule has 26 heavy (non-hydrogen) atoms. The summed E-state index contributed by atoms with van der Waals surface area (Å²) in [5, 5.41) is 11.8. The Kier molecular flexibility index (Phi) is 5.13. The first kappa shape index (κ1) is 18.2. The second-order valence-electron chi connectivity index (χ2n) is 6.31. The SMILES string of the molecule is O=C(O)C1CN(Cc2ccc(CNc3cccc(C(F)(F)F)n3)cc2)C1. The van der Waals surface area contributed by atoms with E-state index in [1.165, 1.54) is 12.1 Å². The number of likely N-dealkylation sites (tertiary alicyclic amines) is 1. The van der Waals surface area contributed by atoms with Crippen LogP contribution in [0.15, 0.2) is 42.5 Å². The van der Waals surface area contributed by atoms with Gasteiger partial charge in [0.05, 0.1) is 5.92 Å². The van der Waals surface area contributed by atoms with E-state index >= 15 is 0 Å². The fourth-order valence-electron chi connectivity index (χ4n) is 2.76. The molecular weight excluding hydrogens is 347 g/mol. The fraction of sp³-hybridized carbons (Fsp3) is 0.333. The molecule has 1 aliphatic rings. The number of alkyl halides is 3. The lowest BCUT2D eigenvalue weighted by molar-refractivity contribution is -0.147. The maximum Gasteiger partial charge on any atom is 0.433 e. The van der Waals surface area contributed by atoms with Crippen LogP contribution in [0.3, 0.4) is 0 Å². The molecule has 1 aliphatic heterocycles. The summed E-state index contributed by atoms with van der Waals surface area (Å²) in [4.78, 5) is 16.4. The zero-order valence-electron chi connectivity index (χ0n) is 13.8. The van der Waals surface area contributed by atoms with Gasteiger partial charge in [-0.1, -0.05) is 30.3 Å². The van der Waals surface area contributed by atoms with Gasteiger partial charge in [-0.15, -0.1) is 0 Å². The Morgan fingerprint density at radius 3 is 2.42 bits per heavy atom. The van der Waals surface area contributed by atoms with Crippen LogP contribution in [-0.4, -0.2) is 34.0 Å². The van der Waals surface area contributed by atoms with Crippen molar-refractivity contribution in [1.29, 1.82) is 0 Å². The highest BCUT2D eigenvalue weighted by molar-refractivity contribution is 5.71. The zero-order chi connectivity index (χ0) is 18.7. The predicted octanol–water partition coefficient (Wildman–Crippen LogP) is 3.23. The van der Waals surface area contributed by atoms with Crippen LogP contribution in [0.1, 0.15) is 16.8 Å². The maximum atomic E-state index is 12.7. The summed E-state index contributed by atoms with van der Waals surface area (Å²) in [7, 11) is 0. The van der Waals surface area contributed by atoms with Gasteiger partial charge in [-0.05, 0) is 23.3 Å². The first-order valence-electron chi connectivity index (χ1n) is 8.12. The first-order chi connectivity index (χ1) is 12.3. The van der Waals surface area contributed by atoms with Crippen LogP contribution in [0.25, 0.3) is 0 Å². The number of hydrogen-bond donors (Lipinski definition) is 2. The molecule has 2 aromatic rings. The summed E-state index contributed by atoms with van der Waals surface area (Å²) in [5.41, 5.74) is 1.06. The van der Waals surface area contributed by atoms with Crippen LogP contribution < -0.4 is 5.32 Å². The summed E-state index contributed by atoms with van der Waals surface area (Å²) >= 11 is 0. The predicted molar refractivity (Wildman–Crippen MR) is 89.4 cm³/mol. The summed E-state index contributed by atoms with van der Waals surface area (Å²) < 4.78 is 38.0. The molecule has 0 spiro atoms. The molecule has 0 radical (unpaired) electrons. The highest BCUT2D eigenvalue weighted by atomic mass is 19.4. The molecule has 0 atom stereocenters. The van der Waals surface area contributed by atoms with Crippen LogP contribution >= 0.6 is 0 Å². The number of hydrogen-bond acceptors (Lipinski definition) is 4. The molecule has 0 amide bonds. The van der Waals surface area contributed by atoms with Crippen molar-refractivity contribution >= 4 is 11.8 Å². The van der Waals surface area contributed by atoms with E-state index in [4.69, 9.17) is 5.11 Å². The highest BCUT2D eigenvalue weighted by Crippen LogP contribution is 2.28. The Bertz CT molecular complexity index is 772. The van der Waals surface area contributed by atoms with E-state index in [0.29, 0.717) is 26.2 Å². The van der Waals surface area contributed by atoms with Gasteiger partial charge in [0, 0.05) is 26.2 Å². The quantitative estimate of drug-likeness (QED) is 0.823. The van der Waals surface area contributed by atoms with E-state index < -0.39 is 17.8 Å². The Morgan fingerprint density at radius 2 is 1.81 bits per heavy atom. The molecule has 138 valence electrons. The van der Waals surface area contributed by atoms with Crippen molar-refractivity contribution in [2.45, 2.75) is 19.3 Å². The number of rotatable bonds is 6. The summed E-state index contributed by atoms with van der Waals surface area (Å²) in [6.45, 7) is 2.16. The molecule has 2 heterocycles. The van der Waals surface area contributed by atoms with Gasteiger partial charge >= 0.3 is 12.1 Å². The summed E-state index contributed by atoms with van der Waals surface area (Å²) in [6.07, 6.45) is -4.46. The van der Waals surface area contributed by atoms with Gasteiger partial charge in [-0.25, -0.2) is 4.98 Å². The molecule has 2 N–H and O–H groups in total. The van der Waals surface area contributed by atoms with Gasteiger partial charge in [-0.3, -0.25) is 9.69 Å². The number of anilines is 1. The number of nitrogens with one attached hydrogen (secondary N) is 1. The minimum atomic E-state index is -4.46. The van der Waals surface area contributed by atoms with Crippen LogP contribution in [0.2, 0.25) is 0 Å². The molecule has 3 rings (SSSR count). The lowest BCUT2D eigenvalue weighted by Crippen LogP contribution is -2.49. The van der Waals surface area contributed by atoms with Gasteiger partial charge < -0.3 is 10.4 Å². The van der Waals surface area contributed by atoms with Crippen LogP contribution in [0.4, 0.5) is 19.0 Å². The van der Waals surface area contributed by atoms with Crippen molar-refractivity contribution in [3.05, 3.63) is 59.3 Å². The van der Waals surface area contributed by atoms with Crippen molar-refractivity contribution < 1.29 is 23.1 Å². The average Bonchev–Trinajstić information content (AvgIpc) is 2.56. The molecular formula is C18H18F3N3O2. The van der Waals surface area contributed by atoms with E-state index in [-0.39, 0.29) is 11.7 Å². The minimum absolute atomic E-state index is 0.171. The molecule has 0 saturated carbocycles. The number of carboxylic acid groups (broad SMARTS) is 1. The van der Waals surface area contributed by atoms with Gasteiger partial charge in [0.2, 0.25) is 0 Å². The van der Waals surface area contributed by atoms with E-state index in [1.807, 2.05) is 24.3 Å². The van der Waals surface area contributed by atoms with Crippen molar-refractivity contribution in [3.63, 3.8) is 0 Å². The Labute approximate surface area is 148 Å². The lowest BCUT2D eigenvalue weighted by atomic mass is 9.99. The number of aromatic nitrogens is 1. The number of carboxylic acids is 1. The highest BCUT2D eigenvalue weighted by Gasteiger charge is 2.33. The van der Waals surface area contributed by atoms with Crippen molar-refractivity contribution in [2.24, 2.45) is 5.92 Å². The smallest absolute Gasteiger partial charge is 0.433 e. The van der Waals surface area contributed by atoms with Gasteiger partial charge in [0.25, 0.3) is 0 Å². The standard InChI is InChI=1S/C18H18F3N3O2/c19-18(20,21)15-2-1-3-16(23-15)22-8-12-4-6-13(7-5-12)9-24-10-14(11-24)17(25)26/h1-7,14H,8-11H2,(H,22,23)(H,25,26). The minimum Gasteiger partial charge on any atom is -0.481 e. The Morgan fingerprint density at radius 1 is 1.15 bits per heavy atom. The van der Waals surface area contributed by atoms with Crippen molar-refractivity contribution in [1.82, 2.24) is 9.88 Å². The number of aliphatic carboxylic acids is 1. The third-order valence-corrected chi connectivity index (χ3v) is 4.25. The van der Waals surface area contributed by atoms with Crippen LogP contribution in [0.5, 0.6) is 0 Å². The lowest BCUT2D eigenvalue weighted by Gasteiger charge is -2.36. The molecule has 5 nitrogen and oxygen atoms in total. The van der Waals surface area contributed by atoms with Gasteiger partial charge in [0.1, 0.15) is 11.5 Å². The number of pyridine rings is 1. The largest absolute Gasteiger partial charge is 0.481 e. The second-order valence-corrected chi connectivity index (χ2v) is 6.31. The van der Waals surface area contributed by atoms with Crippen LogP contribution in [-0.2, 0) is 24.1 Å². The van der Waals surface area contributed by atoms with E-state index in [0.717, 1.165) is 17.2 Å². The molecule has 1 saturated heterocycles. The normalized spacial score (nSPS) is 15.5. The third-order valence-electron chi connectivity index (χ3n) is 4.25. The monoisotopic (exact) mass is 365 g/mol. The van der Waals surface area contributed by atoms with Crippen molar-refractivity contribution in [3.8, 4) is 0 Å². The molecule has 0 unspecified atom stereocenters. The van der Waals surface area contributed by atoms with Gasteiger partial charge in [-0.2, -0.15) is 13.2 Å². The fourth-order valence-corrected chi connectivity index (χ4v) is 2.76. The molecule has 1 aromatic heterocycles. The average molecular weight is 365 g/mol. The molecule has 1 fully saturated rings. The van der Waals surface area contributed by atoms with E-state index in [1.54, 1.807) is 0 Å². The summed E-state index contributed by atoms with van der Waals surface area (Å²) in [5.74, 6) is -0.867. The second kappa shape index (κ2) is 7.33. The molecule has 0 aliphatic carbocycles. The Balaban J connectivity index is 1.51. The van der Waals surface area contributed by atoms with E-state index in [9.17, 15) is 18.0 Å². The summed E-state index contributed by atoms with van der Waals surface area (Å²) in [6, 6.07) is 11.4. The maximum absolute atomic E-state index is 12.7. The van der Waals surface area contributed by atoms with Crippen LogP contribution in [0, 0.1) is 5.92 Å². The van der Waals surface area contributed by atoms with Crippen molar-refractivity contribution in [2.75, 3.05) is 18.4 Å². The number of nitrogens with zero attached hydrogens (tertiary/aromatic N) is 2. The first-order valence-corrected chi connectivity index (χ1v) is 8.12. The zero-order valence-corrected chi connectivity index (χ0v) is 13.8. The molecule has 1 aromatic carbocycles. The van der Waals surface area contributed by atoms with E-state index in [2.05, 4.69) is 15.2 Å².